The molecule has 32 heavy (non-hydrogen) atoms. The average molecular weight is 504 g/mol. The van der Waals surface area contributed by atoms with Gasteiger partial charge in [-0.25, -0.2) is 13.8 Å². The summed E-state index contributed by atoms with van der Waals surface area (Å²) >= 11 is 3.47. The van der Waals surface area contributed by atoms with Gasteiger partial charge in [0.15, 0.2) is 0 Å². The molecule has 2 aromatic carbocycles. The van der Waals surface area contributed by atoms with Crippen molar-refractivity contribution in [1.29, 1.82) is 0 Å². The molecule has 0 radical (unpaired) electrons. The van der Waals surface area contributed by atoms with Gasteiger partial charge in [-0.3, -0.25) is 4.79 Å². The molecule has 1 unspecified atom stereocenters. The molecule has 0 spiro atoms. The Bertz CT molecular complexity index is 1070. The van der Waals surface area contributed by atoms with E-state index in [0.717, 1.165) is 37.6 Å². The van der Waals surface area contributed by atoms with E-state index in [1.54, 1.807) is 0 Å². The molecule has 1 saturated heterocycles. The van der Waals surface area contributed by atoms with Gasteiger partial charge in [-0.2, -0.15) is 0 Å². The molecule has 2 heterocycles. The average Bonchev–Trinajstić information content (AvgIpc) is 3.31. The van der Waals surface area contributed by atoms with E-state index in [4.69, 9.17) is 4.74 Å². The van der Waals surface area contributed by atoms with Gasteiger partial charge < -0.3 is 14.5 Å². The Morgan fingerprint density at radius 1 is 1.19 bits per heavy atom. The zero-order valence-corrected chi connectivity index (χ0v) is 19.3. The molecular weight excluding hydrogens is 480 g/mol. The van der Waals surface area contributed by atoms with E-state index in [1.807, 2.05) is 47.2 Å². The Morgan fingerprint density at radius 2 is 1.97 bits per heavy atom. The molecule has 2 aromatic rings. The van der Waals surface area contributed by atoms with Crippen molar-refractivity contribution in [2.75, 3.05) is 13.1 Å². The molecule has 0 bridgehead atoms. The molecule has 168 valence electrons. The lowest BCUT2D eigenvalue weighted by Crippen LogP contribution is -2.32. The van der Waals surface area contributed by atoms with E-state index in [2.05, 4.69) is 20.9 Å². The zero-order valence-electron chi connectivity index (χ0n) is 17.7. The Kier molecular flexibility index (Phi) is 6.89. The SMILES string of the molecule is CC1N=C(OCc2ccc(F)cc2F)C(Br)=CN1Cc1cccc(C(=O)N2CCCC2)c1. The van der Waals surface area contributed by atoms with Crippen molar-refractivity contribution in [2.45, 2.75) is 39.1 Å². The summed E-state index contributed by atoms with van der Waals surface area (Å²) in [5, 5.41) is 0. The molecule has 4 rings (SSSR count). The molecule has 0 saturated carbocycles. The van der Waals surface area contributed by atoms with Gasteiger partial charge in [0, 0.05) is 43.0 Å². The van der Waals surface area contributed by atoms with Gasteiger partial charge >= 0.3 is 0 Å². The molecule has 1 fully saturated rings. The monoisotopic (exact) mass is 503 g/mol. The number of likely N-dealkylation sites (tertiary alicyclic amines) is 1. The summed E-state index contributed by atoms with van der Waals surface area (Å²) < 4.78 is 33.2. The smallest absolute Gasteiger partial charge is 0.253 e. The Balaban J connectivity index is 1.40. The Labute approximate surface area is 194 Å². The first-order valence-corrected chi connectivity index (χ1v) is 11.4. The van der Waals surface area contributed by atoms with Crippen LogP contribution in [0.1, 0.15) is 41.3 Å². The van der Waals surface area contributed by atoms with Crippen LogP contribution in [0.4, 0.5) is 8.78 Å². The number of benzene rings is 2. The van der Waals surface area contributed by atoms with Crippen LogP contribution in [0.3, 0.4) is 0 Å². The normalized spacial score (nSPS) is 18.4. The van der Waals surface area contributed by atoms with Gasteiger partial charge in [0.25, 0.3) is 5.91 Å². The van der Waals surface area contributed by atoms with Crippen molar-refractivity contribution in [2.24, 2.45) is 4.99 Å². The largest absolute Gasteiger partial charge is 0.472 e. The van der Waals surface area contributed by atoms with Crippen LogP contribution in [0, 0.1) is 11.6 Å². The summed E-state index contributed by atoms with van der Waals surface area (Å²) in [4.78, 5) is 21.2. The molecule has 2 aliphatic rings. The highest BCUT2D eigenvalue weighted by molar-refractivity contribution is 9.12. The van der Waals surface area contributed by atoms with Crippen LogP contribution >= 0.6 is 15.9 Å². The van der Waals surface area contributed by atoms with E-state index >= 15 is 0 Å². The Hall–Kier alpha value is -2.74. The number of hydrogen-bond donors (Lipinski definition) is 0. The number of carbonyl (C=O) groups is 1. The molecule has 1 atom stereocenters. The van der Waals surface area contributed by atoms with E-state index in [-0.39, 0.29) is 24.2 Å². The second-order valence-electron chi connectivity index (χ2n) is 7.94. The van der Waals surface area contributed by atoms with Crippen LogP contribution in [-0.2, 0) is 17.9 Å². The van der Waals surface area contributed by atoms with E-state index < -0.39 is 11.6 Å². The minimum absolute atomic E-state index is 0.0543. The fraction of sp³-hybridized carbons (Fsp3) is 0.333. The van der Waals surface area contributed by atoms with E-state index in [1.165, 1.54) is 12.1 Å². The summed E-state index contributed by atoms with van der Waals surface area (Å²) in [6.07, 6.45) is 3.78. The first-order chi connectivity index (χ1) is 15.4. The van der Waals surface area contributed by atoms with Crippen molar-refractivity contribution in [1.82, 2.24) is 9.80 Å². The van der Waals surface area contributed by atoms with Crippen LogP contribution in [0.2, 0.25) is 0 Å². The lowest BCUT2D eigenvalue weighted by molar-refractivity contribution is 0.0792. The van der Waals surface area contributed by atoms with Gasteiger partial charge in [0.1, 0.15) is 24.4 Å². The molecular formula is C24H24BrF2N3O2. The van der Waals surface area contributed by atoms with Crippen LogP contribution in [0.15, 0.2) is 58.1 Å². The van der Waals surface area contributed by atoms with E-state index in [0.29, 0.717) is 22.5 Å². The standard InChI is InChI=1S/C24H24BrF2N3O2/c1-16-28-23(32-15-19-7-8-20(26)12-22(19)27)21(25)14-30(16)13-17-5-4-6-18(11-17)24(31)29-9-2-3-10-29/h4-8,11-12,14,16H,2-3,9-10,13,15H2,1H3. The van der Waals surface area contributed by atoms with Crippen LogP contribution in [-0.4, -0.2) is 40.9 Å². The number of ether oxygens (including phenoxy) is 1. The van der Waals surface area contributed by atoms with Crippen molar-refractivity contribution in [3.63, 3.8) is 0 Å². The molecule has 0 aromatic heterocycles. The number of rotatable bonds is 5. The van der Waals surface area contributed by atoms with Gasteiger partial charge in [0.05, 0.1) is 4.48 Å². The lowest BCUT2D eigenvalue weighted by atomic mass is 10.1. The maximum absolute atomic E-state index is 13.8. The third-order valence-electron chi connectivity index (χ3n) is 5.58. The molecule has 5 nitrogen and oxygen atoms in total. The maximum Gasteiger partial charge on any atom is 0.253 e. The van der Waals surface area contributed by atoms with Crippen molar-refractivity contribution in [3.8, 4) is 0 Å². The number of halogens is 3. The molecule has 8 heteroatoms. The maximum atomic E-state index is 13.8. The summed E-state index contributed by atoms with van der Waals surface area (Å²) in [5.74, 6) is -0.845. The third-order valence-corrected chi connectivity index (χ3v) is 6.12. The van der Waals surface area contributed by atoms with Crippen molar-refractivity contribution >= 4 is 27.7 Å². The fourth-order valence-electron chi connectivity index (χ4n) is 3.80. The predicted molar refractivity (Wildman–Crippen MR) is 122 cm³/mol. The third kappa shape index (κ3) is 5.18. The first-order valence-electron chi connectivity index (χ1n) is 10.6. The minimum atomic E-state index is -0.653. The number of amides is 1. The first kappa shape index (κ1) is 22.5. The minimum Gasteiger partial charge on any atom is -0.472 e. The molecule has 1 amide bonds. The van der Waals surface area contributed by atoms with Gasteiger partial charge in [-0.1, -0.05) is 12.1 Å². The molecule has 2 aliphatic heterocycles. The van der Waals surface area contributed by atoms with Crippen LogP contribution in [0.25, 0.3) is 0 Å². The van der Waals surface area contributed by atoms with Gasteiger partial charge in [-0.05, 0) is 65.5 Å². The highest BCUT2D eigenvalue weighted by atomic mass is 79.9. The highest BCUT2D eigenvalue weighted by Gasteiger charge is 2.22. The van der Waals surface area contributed by atoms with Gasteiger partial charge in [-0.15, -0.1) is 0 Å². The quantitative estimate of drug-likeness (QED) is 0.562. The highest BCUT2D eigenvalue weighted by Crippen LogP contribution is 2.24. The number of aliphatic imine (C=N–C) groups is 1. The van der Waals surface area contributed by atoms with Crippen LogP contribution in [0.5, 0.6) is 0 Å². The number of carbonyl (C=O) groups excluding carboxylic acids is 1. The summed E-state index contributed by atoms with van der Waals surface area (Å²) in [6.45, 7) is 4.08. The van der Waals surface area contributed by atoms with Crippen molar-refractivity contribution in [3.05, 3.63) is 81.5 Å². The summed E-state index contributed by atoms with van der Waals surface area (Å²) in [7, 11) is 0. The summed E-state index contributed by atoms with van der Waals surface area (Å²) in [6, 6.07) is 11.1. The molecule has 0 aliphatic carbocycles. The predicted octanol–water partition coefficient (Wildman–Crippen LogP) is 5.21. The van der Waals surface area contributed by atoms with E-state index in [9.17, 15) is 13.6 Å². The fourth-order valence-corrected chi connectivity index (χ4v) is 4.28. The van der Waals surface area contributed by atoms with Gasteiger partial charge in [0.2, 0.25) is 5.90 Å². The topological polar surface area (TPSA) is 45.1 Å². The van der Waals surface area contributed by atoms with Crippen LogP contribution < -0.4 is 0 Å². The lowest BCUT2D eigenvalue weighted by Gasteiger charge is -2.30. The molecule has 0 N–H and O–H groups in total. The second-order valence-corrected chi connectivity index (χ2v) is 8.79. The van der Waals surface area contributed by atoms with Crippen molar-refractivity contribution < 1.29 is 18.3 Å². The summed E-state index contributed by atoms with van der Waals surface area (Å²) in [5.41, 5.74) is 1.96. The number of hydrogen-bond acceptors (Lipinski definition) is 4. The Morgan fingerprint density at radius 3 is 2.72 bits per heavy atom. The number of nitrogens with zero attached hydrogens (tertiary/aromatic N) is 3. The zero-order chi connectivity index (χ0) is 22.7. The second kappa shape index (κ2) is 9.81.